The lowest BCUT2D eigenvalue weighted by Gasteiger charge is -2.45. The van der Waals surface area contributed by atoms with Crippen molar-refractivity contribution in [3.63, 3.8) is 0 Å². The SMILES string of the molecule is C#Cc1ccc(C(C(=O)Nc2ccc(OC)cc2)N(C(=O)C(NC(=O)OC(C)(C)C)C(C)C)C(C)(C)CC)cc1. The minimum atomic E-state index is -1.03. The van der Waals surface area contributed by atoms with Gasteiger partial charge in [-0.25, -0.2) is 4.79 Å². The molecule has 0 aliphatic carbocycles. The molecule has 2 aromatic rings. The van der Waals surface area contributed by atoms with E-state index < -0.39 is 41.1 Å². The first-order valence-electron chi connectivity index (χ1n) is 13.5. The van der Waals surface area contributed by atoms with Gasteiger partial charge < -0.3 is 25.0 Å². The van der Waals surface area contributed by atoms with E-state index in [-0.39, 0.29) is 5.92 Å². The number of benzene rings is 2. The van der Waals surface area contributed by atoms with Crippen molar-refractivity contribution in [1.82, 2.24) is 10.2 Å². The first-order chi connectivity index (χ1) is 18.6. The molecule has 2 aromatic carbocycles. The zero-order valence-corrected chi connectivity index (χ0v) is 25.1. The van der Waals surface area contributed by atoms with Crippen LogP contribution in [-0.2, 0) is 14.3 Å². The molecule has 0 aliphatic rings. The van der Waals surface area contributed by atoms with Gasteiger partial charge in [-0.2, -0.15) is 0 Å². The van der Waals surface area contributed by atoms with Gasteiger partial charge in [0.1, 0.15) is 23.4 Å². The highest BCUT2D eigenvalue weighted by Gasteiger charge is 2.44. The maximum absolute atomic E-state index is 14.4. The van der Waals surface area contributed by atoms with Gasteiger partial charge in [0.15, 0.2) is 0 Å². The average molecular weight is 550 g/mol. The van der Waals surface area contributed by atoms with Crippen molar-refractivity contribution in [3.8, 4) is 18.1 Å². The first-order valence-corrected chi connectivity index (χ1v) is 13.5. The van der Waals surface area contributed by atoms with Crippen LogP contribution >= 0.6 is 0 Å². The highest BCUT2D eigenvalue weighted by Crippen LogP contribution is 2.34. The molecule has 0 saturated carbocycles. The van der Waals surface area contributed by atoms with Crippen molar-refractivity contribution < 1.29 is 23.9 Å². The minimum absolute atomic E-state index is 0.288. The fourth-order valence-electron chi connectivity index (χ4n) is 4.11. The molecule has 216 valence electrons. The van der Waals surface area contributed by atoms with Crippen LogP contribution in [0.5, 0.6) is 5.75 Å². The van der Waals surface area contributed by atoms with Crippen molar-refractivity contribution >= 4 is 23.6 Å². The third-order valence-electron chi connectivity index (χ3n) is 6.62. The second-order valence-corrected chi connectivity index (χ2v) is 11.6. The highest BCUT2D eigenvalue weighted by atomic mass is 16.6. The quantitative estimate of drug-likeness (QED) is 0.359. The molecule has 0 spiro atoms. The molecule has 0 radical (unpaired) electrons. The summed E-state index contributed by atoms with van der Waals surface area (Å²) in [6.07, 6.45) is 5.41. The molecule has 40 heavy (non-hydrogen) atoms. The Labute approximate surface area is 238 Å². The van der Waals surface area contributed by atoms with Gasteiger partial charge in [0.2, 0.25) is 5.91 Å². The smallest absolute Gasteiger partial charge is 0.408 e. The van der Waals surface area contributed by atoms with Crippen LogP contribution < -0.4 is 15.4 Å². The largest absolute Gasteiger partial charge is 0.497 e. The van der Waals surface area contributed by atoms with Gasteiger partial charge >= 0.3 is 6.09 Å². The number of rotatable bonds is 10. The standard InChI is InChI=1S/C32H43N3O5/c1-11-22-13-15-23(16-14-22)27(28(36)33-24-17-19-25(39-10)20-18-24)35(32(8,9)12-2)29(37)26(21(3)4)34-30(38)40-31(5,6)7/h1,13-21,26-27H,12H2,2-10H3,(H,33,36)(H,34,38). The fraction of sp³-hybridized carbons (Fsp3) is 0.469. The van der Waals surface area contributed by atoms with Gasteiger partial charge in [0.25, 0.3) is 5.91 Å². The number of nitrogens with zero attached hydrogens (tertiary/aromatic N) is 1. The number of hydrogen-bond acceptors (Lipinski definition) is 5. The summed E-state index contributed by atoms with van der Waals surface area (Å²) in [5, 5.41) is 5.70. The third kappa shape index (κ3) is 8.51. The Morgan fingerprint density at radius 3 is 2.00 bits per heavy atom. The molecule has 2 atom stereocenters. The Bertz CT molecular complexity index is 1210. The number of terminal acetylenes is 1. The number of amides is 3. The van der Waals surface area contributed by atoms with Gasteiger partial charge in [0.05, 0.1) is 7.11 Å². The summed E-state index contributed by atoms with van der Waals surface area (Å²) in [5.74, 6) is 2.14. The zero-order chi connectivity index (χ0) is 30.3. The van der Waals surface area contributed by atoms with E-state index in [0.717, 1.165) is 0 Å². The highest BCUT2D eigenvalue weighted by molar-refractivity contribution is 5.99. The van der Waals surface area contributed by atoms with Crippen LogP contribution in [0.4, 0.5) is 10.5 Å². The van der Waals surface area contributed by atoms with Crippen LogP contribution in [0, 0.1) is 18.3 Å². The lowest BCUT2D eigenvalue weighted by atomic mass is 9.90. The Kier molecular flexibility index (Phi) is 10.8. The molecule has 0 aliphatic heterocycles. The number of carbonyl (C=O) groups is 3. The predicted molar refractivity (Wildman–Crippen MR) is 158 cm³/mol. The van der Waals surface area contributed by atoms with Crippen molar-refractivity contribution in [3.05, 3.63) is 59.7 Å². The van der Waals surface area contributed by atoms with Crippen molar-refractivity contribution in [2.75, 3.05) is 12.4 Å². The van der Waals surface area contributed by atoms with Crippen LogP contribution in [0.1, 0.15) is 79.0 Å². The summed E-state index contributed by atoms with van der Waals surface area (Å²) in [6.45, 7) is 14.7. The Balaban J connectivity index is 2.63. The summed E-state index contributed by atoms with van der Waals surface area (Å²) in [5.41, 5.74) is 0.269. The van der Waals surface area contributed by atoms with E-state index in [1.807, 2.05) is 34.6 Å². The van der Waals surface area contributed by atoms with E-state index in [2.05, 4.69) is 16.6 Å². The summed E-state index contributed by atoms with van der Waals surface area (Å²) in [6, 6.07) is 12.0. The molecule has 2 N–H and O–H groups in total. The van der Waals surface area contributed by atoms with Crippen LogP contribution in [0.15, 0.2) is 48.5 Å². The molecule has 8 heteroatoms. The number of anilines is 1. The van der Waals surface area contributed by atoms with Crippen LogP contribution in [0.2, 0.25) is 0 Å². The number of ether oxygens (including phenoxy) is 2. The van der Waals surface area contributed by atoms with E-state index in [1.165, 1.54) is 0 Å². The molecule has 0 saturated heterocycles. The zero-order valence-electron chi connectivity index (χ0n) is 25.1. The molecule has 0 bridgehead atoms. The van der Waals surface area contributed by atoms with E-state index in [1.54, 1.807) is 81.3 Å². The fourth-order valence-corrected chi connectivity index (χ4v) is 4.11. The maximum Gasteiger partial charge on any atom is 0.408 e. The van der Waals surface area contributed by atoms with Crippen molar-refractivity contribution in [1.29, 1.82) is 0 Å². The maximum atomic E-state index is 14.4. The molecule has 0 fully saturated rings. The van der Waals surface area contributed by atoms with Crippen LogP contribution in [0.3, 0.4) is 0 Å². The summed E-state index contributed by atoms with van der Waals surface area (Å²) in [4.78, 5) is 42.8. The summed E-state index contributed by atoms with van der Waals surface area (Å²) >= 11 is 0. The lowest BCUT2D eigenvalue weighted by Crippen LogP contribution is -2.60. The van der Waals surface area contributed by atoms with Gasteiger partial charge in [-0.15, -0.1) is 6.42 Å². The van der Waals surface area contributed by atoms with E-state index in [0.29, 0.717) is 29.0 Å². The molecule has 2 unspecified atom stereocenters. The molecule has 8 nitrogen and oxygen atoms in total. The van der Waals surface area contributed by atoms with Gasteiger partial charge in [-0.1, -0.05) is 38.8 Å². The normalized spacial score (nSPS) is 13.0. The number of alkyl carbamates (subject to hydrolysis) is 1. The van der Waals surface area contributed by atoms with Crippen LogP contribution in [0.25, 0.3) is 0 Å². The van der Waals surface area contributed by atoms with E-state index >= 15 is 0 Å². The number of hydrogen-bond donors (Lipinski definition) is 2. The van der Waals surface area contributed by atoms with Crippen molar-refractivity contribution in [2.24, 2.45) is 5.92 Å². The van der Waals surface area contributed by atoms with E-state index in [4.69, 9.17) is 15.9 Å². The lowest BCUT2D eigenvalue weighted by molar-refractivity contribution is -0.148. The third-order valence-corrected chi connectivity index (χ3v) is 6.62. The predicted octanol–water partition coefficient (Wildman–Crippen LogP) is 5.92. The summed E-state index contributed by atoms with van der Waals surface area (Å²) in [7, 11) is 1.57. The van der Waals surface area contributed by atoms with E-state index in [9.17, 15) is 14.4 Å². The van der Waals surface area contributed by atoms with Gasteiger partial charge in [0, 0.05) is 16.8 Å². The van der Waals surface area contributed by atoms with Crippen LogP contribution in [-0.4, -0.2) is 47.1 Å². The van der Waals surface area contributed by atoms with Gasteiger partial charge in [-0.3, -0.25) is 9.59 Å². The minimum Gasteiger partial charge on any atom is -0.497 e. The Morgan fingerprint density at radius 2 is 1.55 bits per heavy atom. The monoisotopic (exact) mass is 549 g/mol. The topological polar surface area (TPSA) is 97.0 Å². The molecule has 0 heterocycles. The number of carbonyl (C=O) groups excluding carboxylic acids is 3. The molecular weight excluding hydrogens is 506 g/mol. The van der Waals surface area contributed by atoms with Gasteiger partial charge in [-0.05, 0) is 88.9 Å². The molecule has 0 aromatic heterocycles. The molecule has 3 amide bonds. The molecule has 2 rings (SSSR count). The second-order valence-electron chi connectivity index (χ2n) is 11.6. The Morgan fingerprint density at radius 1 is 0.975 bits per heavy atom. The Hall–Kier alpha value is -3.99. The van der Waals surface area contributed by atoms with Crippen molar-refractivity contribution in [2.45, 2.75) is 85.0 Å². The number of methoxy groups -OCH3 is 1. The second kappa shape index (κ2) is 13.4. The number of nitrogens with one attached hydrogen (secondary N) is 2. The average Bonchev–Trinajstić information content (AvgIpc) is 2.89. The molecular formula is C32H43N3O5. The first kappa shape index (κ1) is 32.2. The summed E-state index contributed by atoms with van der Waals surface area (Å²) < 4.78 is 10.7.